The van der Waals surface area contributed by atoms with Crippen LogP contribution < -0.4 is 0 Å². The maximum absolute atomic E-state index is 12.8. The summed E-state index contributed by atoms with van der Waals surface area (Å²) in [6, 6.07) is 0.295. The highest BCUT2D eigenvalue weighted by molar-refractivity contribution is 5.78. The highest BCUT2D eigenvalue weighted by atomic mass is 16.5. The second-order valence-corrected chi connectivity index (χ2v) is 7.63. The molecule has 0 radical (unpaired) electrons. The Labute approximate surface area is 133 Å². The van der Waals surface area contributed by atoms with E-state index in [1.165, 1.54) is 12.8 Å². The van der Waals surface area contributed by atoms with Gasteiger partial charge >= 0.3 is 0 Å². The molecule has 3 rings (SSSR count). The number of rotatable bonds is 3. The van der Waals surface area contributed by atoms with Crippen molar-refractivity contribution in [3.63, 3.8) is 0 Å². The summed E-state index contributed by atoms with van der Waals surface area (Å²) in [5, 5.41) is 9.57. The minimum Gasteiger partial charge on any atom is -0.396 e. The number of amides is 1. The second-order valence-electron chi connectivity index (χ2n) is 7.63. The van der Waals surface area contributed by atoms with Gasteiger partial charge in [-0.3, -0.25) is 9.69 Å². The van der Waals surface area contributed by atoms with Crippen LogP contribution >= 0.6 is 0 Å². The molecule has 2 saturated heterocycles. The lowest BCUT2D eigenvalue weighted by Crippen LogP contribution is -2.57. The first kappa shape index (κ1) is 16.2. The first-order chi connectivity index (χ1) is 10.6. The molecular weight excluding hydrogens is 280 g/mol. The first-order valence-electron chi connectivity index (χ1n) is 8.86. The predicted molar refractivity (Wildman–Crippen MR) is 84.6 cm³/mol. The van der Waals surface area contributed by atoms with E-state index in [9.17, 15) is 9.90 Å². The van der Waals surface area contributed by atoms with Crippen LogP contribution in [0, 0.1) is 5.41 Å². The molecule has 2 heterocycles. The number of fused-ring (bicyclic) bond motifs is 1. The normalized spacial score (nSPS) is 36.9. The van der Waals surface area contributed by atoms with Crippen molar-refractivity contribution in [2.45, 2.75) is 57.6 Å². The van der Waals surface area contributed by atoms with Crippen LogP contribution in [0.5, 0.6) is 0 Å². The van der Waals surface area contributed by atoms with Crippen molar-refractivity contribution < 1.29 is 14.6 Å². The molecule has 3 aliphatic rings. The summed E-state index contributed by atoms with van der Waals surface area (Å²) in [4.78, 5) is 17.1. The molecule has 0 bridgehead atoms. The van der Waals surface area contributed by atoms with E-state index in [1.807, 2.05) is 0 Å². The molecule has 22 heavy (non-hydrogen) atoms. The molecule has 0 aromatic carbocycles. The van der Waals surface area contributed by atoms with Gasteiger partial charge in [0.1, 0.15) is 0 Å². The Hall–Kier alpha value is -0.650. The number of aliphatic hydroxyl groups is 1. The van der Waals surface area contributed by atoms with E-state index in [2.05, 4.69) is 16.7 Å². The van der Waals surface area contributed by atoms with Gasteiger partial charge < -0.3 is 14.7 Å². The fourth-order valence-electron chi connectivity index (χ4n) is 4.38. The Balaban J connectivity index is 1.59. The molecule has 3 atom stereocenters. The van der Waals surface area contributed by atoms with E-state index < -0.39 is 0 Å². The number of carbonyl (C=O) groups excluding carboxylic acids is 1. The molecule has 3 unspecified atom stereocenters. The number of ether oxygens (including phenoxy) is 1. The van der Waals surface area contributed by atoms with E-state index in [4.69, 9.17) is 4.74 Å². The first-order valence-corrected chi connectivity index (χ1v) is 8.86. The summed E-state index contributed by atoms with van der Waals surface area (Å²) in [6.45, 7) is 6.05. The van der Waals surface area contributed by atoms with E-state index in [0.29, 0.717) is 19.2 Å². The van der Waals surface area contributed by atoms with Crippen LogP contribution in [0.25, 0.3) is 0 Å². The van der Waals surface area contributed by atoms with E-state index in [0.717, 1.165) is 45.3 Å². The van der Waals surface area contributed by atoms with Gasteiger partial charge in [0.05, 0.1) is 25.3 Å². The molecule has 5 nitrogen and oxygen atoms in total. The summed E-state index contributed by atoms with van der Waals surface area (Å²) in [6.07, 6.45) is 7.00. The molecule has 1 N–H and O–H groups in total. The average Bonchev–Trinajstić information content (AvgIpc) is 2.54. The number of hydrogen-bond acceptors (Lipinski definition) is 4. The Morgan fingerprint density at radius 3 is 2.91 bits per heavy atom. The summed E-state index contributed by atoms with van der Waals surface area (Å²) >= 11 is 0. The number of carbonyl (C=O) groups is 1. The molecule has 1 aliphatic carbocycles. The van der Waals surface area contributed by atoms with Gasteiger partial charge in [-0.25, -0.2) is 0 Å². The topological polar surface area (TPSA) is 53.0 Å². The highest BCUT2D eigenvalue weighted by Crippen LogP contribution is 2.30. The van der Waals surface area contributed by atoms with Gasteiger partial charge in [-0.1, -0.05) is 19.8 Å². The van der Waals surface area contributed by atoms with Gasteiger partial charge in [-0.05, 0) is 32.2 Å². The van der Waals surface area contributed by atoms with Crippen LogP contribution in [0.4, 0.5) is 0 Å². The number of piperidine rings is 1. The largest absolute Gasteiger partial charge is 0.396 e. The van der Waals surface area contributed by atoms with Crippen LogP contribution in [0.1, 0.15) is 45.4 Å². The summed E-state index contributed by atoms with van der Waals surface area (Å²) in [5.41, 5.74) is -0.0447. The van der Waals surface area contributed by atoms with Gasteiger partial charge in [-0.2, -0.15) is 0 Å². The van der Waals surface area contributed by atoms with Gasteiger partial charge in [0.25, 0.3) is 0 Å². The van der Waals surface area contributed by atoms with E-state index in [1.54, 1.807) is 0 Å². The quantitative estimate of drug-likeness (QED) is 0.852. The smallest absolute Gasteiger partial charge is 0.237 e. The maximum atomic E-state index is 12.8. The summed E-state index contributed by atoms with van der Waals surface area (Å²) in [5.74, 6) is 0.252. The lowest BCUT2D eigenvalue weighted by atomic mass is 9.83. The van der Waals surface area contributed by atoms with Crippen molar-refractivity contribution in [3.8, 4) is 0 Å². The number of hydrogen-bond donors (Lipinski definition) is 1. The molecule has 0 aromatic rings. The minimum absolute atomic E-state index is 0.0447. The number of morpholine rings is 1. The number of aliphatic hydroxyl groups excluding tert-OH is 1. The second kappa shape index (κ2) is 6.85. The molecule has 0 spiro atoms. The van der Waals surface area contributed by atoms with Crippen LogP contribution in [0.3, 0.4) is 0 Å². The highest BCUT2D eigenvalue weighted by Gasteiger charge is 2.38. The third-order valence-electron chi connectivity index (χ3n) is 5.65. The van der Waals surface area contributed by atoms with Crippen molar-refractivity contribution in [2.24, 2.45) is 5.41 Å². The van der Waals surface area contributed by atoms with Crippen LogP contribution in [-0.2, 0) is 9.53 Å². The molecule has 5 heteroatoms. The Morgan fingerprint density at radius 1 is 1.27 bits per heavy atom. The average molecular weight is 310 g/mol. The van der Waals surface area contributed by atoms with Crippen molar-refractivity contribution in [1.29, 1.82) is 0 Å². The molecule has 3 fully saturated rings. The van der Waals surface area contributed by atoms with Crippen molar-refractivity contribution in [1.82, 2.24) is 9.80 Å². The summed E-state index contributed by atoms with van der Waals surface area (Å²) in [7, 11) is 0. The molecule has 126 valence electrons. The number of nitrogens with zero attached hydrogens (tertiary/aromatic N) is 2. The SMILES string of the molecule is CC1(CO)CCCN(CC(=O)N2CCOC3CCCCC32)C1. The third kappa shape index (κ3) is 3.47. The van der Waals surface area contributed by atoms with Crippen LogP contribution in [-0.4, -0.2) is 72.4 Å². The lowest BCUT2D eigenvalue weighted by Gasteiger charge is -2.45. The van der Waals surface area contributed by atoms with Gasteiger partial charge in [0, 0.05) is 25.1 Å². The van der Waals surface area contributed by atoms with Crippen LogP contribution in [0.2, 0.25) is 0 Å². The number of likely N-dealkylation sites (tertiary alicyclic amines) is 1. The zero-order valence-corrected chi connectivity index (χ0v) is 13.8. The van der Waals surface area contributed by atoms with Gasteiger partial charge in [-0.15, -0.1) is 0 Å². The fourth-order valence-corrected chi connectivity index (χ4v) is 4.38. The zero-order chi connectivity index (χ0) is 15.6. The lowest BCUT2D eigenvalue weighted by molar-refractivity contribution is -0.151. The van der Waals surface area contributed by atoms with Crippen molar-refractivity contribution in [3.05, 3.63) is 0 Å². The molecule has 0 aromatic heterocycles. The Bertz CT molecular complexity index is 401. The van der Waals surface area contributed by atoms with E-state index in [-0.39, 0.29) is 24.0 Å². The van der Waals surface area contributed by atoms with Gasteiger partial charge in [0.2, 0.25) is 5.91 Å². The minimum atomic E-state index is -0.0447. The monoisotopic (exact) mass is 310 g/mol. The Kier molecular flexibility index (Phi) is 5.05. The van der Waals surface area contributed by atoms with Crippen molar-refractivity contribution >= 4 is 5.91 Å². The molecule has 1 amide bonds. The molecular formula is C17H30N2O3. The third-order valence-corrected chi connectivity index (χ3v) is 5.65. The zero-order valence-electron chi connectivity index (χ0n) is 13.8. The molecule has 1 saturated carbocycles. The predicted octanol–water partition coefficient (Wildman–Crippen LogP) is 1.25. The standard InChI is InChI=1S/C17H30N2O3/c1-17(13-20)7-4-8-18(12-17)11-16(21)19-9-10-22-15-6-3-2-5-14(15)19/h14-15,20H,2-13H2,1H3. The van der Waals surface area contributed by atoms with Crippen LogP contribution in [0.15, 0.2) is 0 Å². The fraction of sp³-hybridized carbons (Fsp3) is 0.941. The van der Waals surface area contributed by atoms with Gasteiger partial charge in [0.15, 0.2) is 0 Å². The van der Waals surface area contributed by atoms with Crippen molar-refractivity contribution in [2.75, 3.05) is 39.4 Å². The molecule has 2 aliphatic heterocycles. The maximum Gasteiger partial charge on any atom is 0.237 e. The summed E-state index contributed by atoms with van der Waals surface area (Å²) < 4.78 is 5.86. The Morgan fingerprint density at radius 2 is 2.09 bits per heavy atom. The van der Waals surface area contributed by atoms with E-state index >= 15 is 0 Å².